The lowest BCUT2D eigenvalue weighted by atomic mass is 10.1. The molecule has 0 spiro atoms. The molecule has 0 fully saturated rings. The van der Waals surface area contributed by atoms with E-state index in [0.717, 1.165) is 6.20 Å². The number of halogens is 2. The Hall–Kier alpha value is -0.710. The molecule has 1 aromatic rings. The van der Waals surface area contributed by atoms with E-state index in [1.54, 1.807) is 0 Å². The highest BCUT2D eigenvalue weighted by molar-refractivity contribution is 6.30. The molecule has 1 heterocycles. The number of pyridine rings is 1. The zero-order valence-corrected chi connectivity index (χ0v) is 7.05. The average Bonchev–Trinajstić information content (AvgIpc) is 2.08. The van der Waals surface area contributed by atoms with Crippen LogP contribution in [0.4, 0.5) is 4.39 Å². The molecule has 1 atom stereocenters. The molecule has 0 aliphatic carbocycles. The van der Waals surface area contributed by atoms with Crippen LogP contribution in [0.15, 0.2) is 12.3 Å². The van der Waals surface area contributed by atoms with Crippen molar-refractivity contribution in [3.05, 3.63) is 28.8 Å². The summed E-state index contributed by atoms with van der Waals surface area (Å²) in [4.78, 5) is 3.60. The van der Waals surface area contributed by atoms with Gasteiger partial charge in [-0.2, -0.15) is 0 Å². The maximum absolute atomic E-state index is 12.6. The summed E-state index contributed by atoms with van der Waals surface area (Å²) in [6.45, 7) is 0.213. The molecular weight excluding hydrogens is 181 g/mol. The first-order valence-corrected chi connectivity index (χ1v) is 3.79. The normalized spacial score (nSPS) is 13.0. The number of aromatic nitrogens is 1. The molecule has 1 unspecified atom stereocenters. The third-order valence-electron chi connectivity index (χ3n) is 1.49. The smallest absolute Gasteiger partial charge is 0.141 e. The predicted molar refractivity (Wildman–Crippen MR) is 45.2 cm³/mol. The van der Waals surface area contributed by atoms with Crippen LogP contribution in [0, 0.1) is 5.82 Å². The van der Waals surface area contributed by atoms with Gasteiger partial charge in [0.25, 0.3) is 0 Å². The number of nitrogens with two attached hydrogens (primary N) is 2. The fourth-order valence-electron chi connectivity index (χ4n) is 0.825. The van der Waals surface area contributed by atoms with Gasteiger partial charge in [-0.25, -0.2) is 9.37 Å². The van der Waals surface area contributed by atoms with Gasteiger partial charge in [-0.3, -0.25) is 0 Å². The first-order valence-electron chi connectivity index (χ1n) is 3.41. The van der Waals surface area contributed by atoms with E-state index in [4.69, 9.17) is 23.1 Å². The van der Waals surface area contributed by atoms with Crippen LogP contribution >= 0.6 is 11.6 Å². The maximum atomic E-state index is 12.6. The van der Waals surface area contributed by atoms with Gasteiger partial charge in [-0.1, -0.05) is 11.6 Å². The van der Waals surface area contributed by atoms with E-state index in [1.165, 1.54) is 6.07 Å². The Labute approximate surface area is 74.5 Å². The van der Waals surface area contributed by atoms with Gasteiger partial charge < -0.3 is 11.5 Å². The Morgan fingerprint density at radius 1 is 1.67 bits per heavy atom. The zero-order valence-electron chi connectivity index (χ0n) is 6.30. The highest BCUT2D eigenvalue weighted by atomic mass is 35.5. The molecule has 12 heavy (non-hydrogen) atoms. The van der Waals surface area contributed by atoms with Gasteiger partial charge in [0.15, 0.2) is 0 Å². The minimum atomic E-state index is -0.460. The SMILES string of the molecule is NCC(N)c1cc(F)cnc1Cl. The second kappa shape index (κ2) is 3.80. The van der Waals surface area contributed by atoms with E-state index in [1.807, 2.05) is 0 Å². The molecule has 4 N–H and O–H groups in total. The average molecular weight is 190 g/mol. The summed E-state index contributed by atoms with van der Waals surface area (Å²) >= 11 is 5.66. The summed E-state index contributed by atoms with van der Waals surface area (Å²) in [5.74, 6) is -0.460. The molecule has 66 valence electrons. The quantitative estimate of drug-likeness (QED) is 0.678. The first-order chi connectivity index (χ1) is 5.65. The fourth-order valence-corrected chi connectivity index (χ4v) is 1.07. The van der Waals surface area contributed by atoms with Gasteiger partial charge in [0.05, 0.1) is 6.20 Å². The van der Waals surface area contributed by atoms with Crippen LogP contribution in [0.25, 0.3) is 0 Å². The van der Waals surface area contributed by atoms with Crippen LogP contribution in [0.1, 0.15) is 11.6 Å². The molecule has 0 amide bonds. The largest absolute Gasteiger partial charge is 0.329 e. The molecule has 0 aliphatic rings. The highest BCUT2D eigenvalue weighted by Gasteiger charge is 2.10. The highest BCUT2D eigenvalue weighted by Crippen LogP contribution is 2.18. The van der Waals surface area contributed by atoms with E-state index in [9.17, 15) is 4.39 Å². The number of nitrogens with zero attached hydrogens (tertiary/aromatic N) is 1. The van der Waals surface area contributed by atoms with Crippen molar-refractivity contribution in [3.8, 4) is 0 Å². The van der Waals surface area contributed by atoms with Gasteiger partial charge in [0, 0.05) is 18.2 Å². The number of hydrogen-bond donors (Lipinski definition) is 2. The van der Waals surface area contributed by atoms with Crippen molar-refractivity contribution >= 4 is 11.6 Å². The summed E-state index contributed by atoms with van der Waals surface area (Å²) in [6, 6.07) is 0.785. The van der Waals surface area contributed by atoms with Gasteiger partial charge >= 0.3 is 0 Å². The molecule has 0 bridgehead atoms. The summed E-state index contributed by atoms with van der Waals surface area (Å²) in [5.41, 5.74) is 11.3. The van der Waals surface area contributed by atoms with Crippen LogP contribution < -0.4 is 11.5 Å². The molecule has 0 saturated heterocycles. The Balaban J connectivity index is 3.04. The summed E-state index contributed by atoms with van der Waals surface area (Å²) < 4.78 is 12.6. The second-order valence-corrected chi connectivity index (χ2v) is 2.73. The van der Waals surface area contributed by atoms with E-state index in [0.29, 0.717) is 5.56 Å². The van der Waals surface area contributed by atoms with Crippen molar-refractivity contribution in [2.75, 3.05) is 6.54 Å². The lowest BCUT2D eigenvalue weighted by Crippen LogP contribution is -2.21. The van der Waals surface area contributed by atoms with E-state index in [2.05, 4.69) is 4.98 Å². The summed E-state index contributed by atoms with van der Waals surface area (Å²) in [5, 5.41) is 0.203. The topological polar surface area (TPSA) is 64.9 Å². The summed E-state index contributed by atoms with van der Waals surface area (Å²) in [7, 11) is 0. The van der Waals surface area contributed by atoms with Crippen LogP contribution in [0.2, 0.25) is 5.15 Å². The van der Waals surface area contributed by atoms with Gasteiger partial charge in [-0.05, 0) is 6.07 Å². The molecule has 3 nitrogen and oxygen atoms in total. The third kappa shape index (κ3) is 1.91. The Morgan fingerprint density at radius 2 is 2.33 bits per heavy atom. The lowest BCUT2D eigenvalue weighted by molar-refractivity contribution is 0.612. The molecule has 0 aliphatic heterocycles. The van der Waals surface area contributed by atoms with Crippen molar-refractivity contribution in [2.24, 2.45) is 11.5 Å². The molecule has 0 aromatic carbocycles. The predicted octanol–water partition coefficient (Wildman–Crippen LogP) is 0.833. The maximum Gasteiger partial charge on any atom is 0.141 e. The van der Waals surface area contributed by atoms with Crippen molar-refractivity contribution in [3.63, 3.8) is 0 Å². The van der Waals surface area contributed by atoms with E-state index >= 15 is 0 Å². The van der Waals surface area contributed by atoms with Crippen molar-refractivity contribution < 1.29 is 4.39 Å². The number of hydrogen-bond acceptors (Lipinski definition) is 3. The van der Waals surface area contributed by atoms with Gasteiger partial charge in [0.1, 0.15) is 11.0 Å². The summed E-state index contributed by atoms with van der Waals surface area (Å²) in [6.07, 6.45) is 1.04. The molecule has 5 heteroatoms. The zero-order chi connectivity index (χ0) is 9.14. The van der Waals surface area contributed by atoms with E-state index < -0.39 is 11.9 Å². The third-order valence-corrected chi connectivity index (χ3v) is 1.80. The second-order valence-electron chi connectivity index (χ2n) is 2.38. The van der Waals surface area contributed by atoms with Crippen molar-refractivity contribution in [1.29, 1.82) is 0 Å². The Morgan fingerprint density at radius 3 is 2.92 bits per heavy atom. The van der Waals surface area contributed by atoms with Gasteiger partial charge in [0.2, 0.25) is 0 Å². The molecule has 1 aromatic heterocycles. The first kappa shape index (κ1) is 9.38. The van der Waals surface area contributed by atoms with Crippen molar-refractivity contribution in [1.82, 2.24) is 4.98 Å². The minimum Gasteiger partial charge on any atom is -0.329 e. The monoisotopic (exact) mass is 189 g/mol. The molecule has 0 saturated carbocycles. The van der Waals surface area contributed by atoms with Crippen LogP contribution in [-0.4, -0.2) is 11.5 Å². The van der Waals surface area contributed by atoms with E-state index in [-0.39, 0.29) is 11.7 Å². The molecular formula is C7H9ClFN3. The standard InChI is InChI=1S/C7H9ClFN3/c8-7-5(6(11)2-10)1-4(9)3-12-7/h1,3,6H,2,10-11H2. The van der Waals surface area contributed by atoms with Crippen LogP contribution in [0.3, 0.4) is 0 Å². The molecule has 0 radical (unpaired) electrons. The van der Waals surface area contributed by atoms with Gasteiger partial charge in [-0.15, -0.1) is 0 Å². The minimum absolute atomic E-state index is 0.203. The molecule has 1 rings (SSSR count). The number of rotatable bonds is 2. The Kier molecular flexibility index (Phi) is 2.97. The fraction of sp³-hybridized carbons (Fsp3) is 0.286. The van der Waals surface area contributed by atoms with Crippen LogP contribution in [0.5, 0.6) is 0 Å². The van der Waals surface area contributed by atoms with Crippen molar-refractivity contribution in [2.45, 2.75) is 6.04 Å². The van der Waals surface area contributed by atoms with Crippen LogP contribution in [-0.2, 0) is 0 Å². The lowest BCUT2D eigenvalue weighted by Gasteiger charge is -2.09. The Bertz CT molecular complexity index is 279.